The van der Waals surface area contributed by atoms with E-state index in [2.05, 4.69) is 51.8 Å². The molecule has 328 valence electrons. The maximum absolute atomic E-state index is 11.6. The van der Waals surface area contributed by atoms with Gasteiger partial charge in [0, 0.05) is 59.6 Å². The first-order valence-electron chi connectivity index (χ1n) is 18.8. The zero-order valence-electron chi connectivity index (χ0n) is 35.2. The number of ether oxygens (including phenoxy) is 3. The molecular formula is C43H51Br2N5O11. The van der Waals surface area contributed by atoms with Crippen LogP contribution in [-0.2, 0) is 33.6 Å². The summed E-state index contributed by atoms with van der Waals surface area (Å²) in [7, 11) is 0. The lowest BCUT2D eigenvalue weighted by Crippen LogP contribution is -2.42. The molecule has 61 heavy (non-hydrogen) atoms. The number of nitro benzene ring substituents is 2. The van der Waals surface area contributed by atoms with Gasteiger partial charge in [0.15, 0.2) is 22.8 Å². The maximum Gasteiger partial charge on any atom is 0.273 e. The molecule has 7 N–H and O–H groups in total. The lowest BCUT2D eigenvalue weighted by Gasteiger charge is -2.32. The molecule has 18 heteroatoms. The van der Waals surface area contributed by atoms with Crippen molar-refractivity contribution in [1.82, 2.24) is 0 Å². The number of nitrogens with zero attached hydrogens (tertiary/aromatic N) is 2. The van der Waals surface area contributed by atoms with E-state index in [1.165, 1.54) is 29.8 Å². The van der Waals surface area contributed by atoms with Crippen molar-refractivity contribution in [1.29, 1.82) is 0 Å². The number of aromatic hydroxyl groups is 1. The van der Waals surface area contributed by atoms with E-state index in [4.69, 9.17) is 36.5 Å². The van der Waals surface area contributed by atoms with Gasteiger partial charge in [0.1, 0.15) is 28.6 Å². The molecule has 0 spiro atoms. The summed E-state index contributed by atoms with van der Waals surface area (Å²) in [4.78, 5) is 53.2. The Hall–Kier alpha value is -5.75. The quantitative estimate of drug-likeness (QED) is 0.0374. The summed E-state index contributed by atoms with van der Waals surface area (Å²) in [6, 6.07) is 19.1. The van der Waals surface area contributed by atoms with Crippen molar-refractivity contribution >= 4 is 76.6 Å². The van der Waals surface area contributed by atoms with Crippen LogP contribution in [0.2, 0.25) is 0 Å². The highest BCUT2D eigenvalue weighted by molar-refractivity contribution is 9.20. The fourth-order valence-electron chi connectivity index (χ4n) is 5.45. The fraction of sp³-hybridized carbons (Fsp3) is 0.372. The summed E-state index contributed by atoms with van der Waals surface area (Å²) in [5, 5.41) is 29.6. The highest BCUT2D eigenvalue weighted by Gasteiger charge is 2.36. The number of Topliss-reactive ketones (excluding diaryl/α,β-unsaturated/α-hetero) is 2. The van der Waals surface area contributed by atoms with Gasteiger partial charge in [-0.15, -0.1) is 0 Å². The predicted molar refractivity (Wildman–Crippen MR) is 241 cm³/mol. The molecule has 0 aromatic heterocycles. The Morgan fingerprint density at radius 2 is 1.08 bits per heavy atom. The van der Waals surface area contributed by atoms with E-state index in [1.54, 1.807) is 59.7 Å². The van der Waals surface area contributed by atoms with Gasteiger partial charge < -0.3 is 36.5 Å². The number of hydrogen-bond donors (Lipinski definition) is 4. The number of anilines is 3. The monoisotopic (exact) mass is 971 g/mol. The van der Waals surface area contributed by atoms with Gasteiger partial charge >= 0.3 is 0 Å². The third kappa shape index (κ3) is 14.4. The van der Waals surface area contributed by atoms with Crippen LogP contribution in [0.25, 0.3) is 0 Å². The van der Waals surface area contributed by atoms with Crippen LogP contribution in [0.1, 0.15) is 78.5 Å². The number of fused-ring (bicyclic) bond motifs is 3. The Labute approximate surface area is 370 Å². The maximum atomic E-state index is 11.6. The van der Waals surface area contributed by atoms with Crippen molar-refractivity contribution in [3.8, 4) is 23.0 Å². The Morgan fingerprint density at radius 3 is 1.52 bits per heavy atom. The first-order valence-corrected chi connectivity index (χ1v) is 20.4. The molecule has 3 aliphatic heterocycles. The first kappa shape index (κ1) is 49.6. The van der Waals surface area contributed by atoms with Crippen molar-refractivity contribution < 1.29 is 43.5 Å². The molecule has 0 aliphatic carbocycles. The molecule has 0 unspecified atom stereocenters. The van der Waals surface area contributed by atoms with E-state index < -0.39 is 25.4 Å². The van der Waals surface area contributed by atoms with Crippen molar-refractivity contribution in [2.75, 3.05) is 17.2 Å². The number of benzene rings is 4. The van der Waals surface area contributed by atoms with Gasteiger partial charge in [-0.3, -0.25) is 34.6 Å². The summed E-state index contributed by atoms with van der Waals surface area (Å²) in [5.41, 5.74) is 19.2. The second kappa shape index (κ2) is 19.8. The Kier molecular flexibility index (Phi) is 16.1. The second-order valence-corrected chi connectivity index (χ2v) is 19.0. The van der Waals surface area contributed by atoms with Crippen molar-refractivity contribution in [3.05, 3.63) is 110 Å². The number of phenols is 1. The van der Waals surface area contributed by atoms with Crippen molar-refractivity contribution in [2.45, 2.75) is 102 Å². The van der Waals surface area contributed by atoms with Crippen LogP contribution in [0.5, 0.6) is 23.0 Å². The number of phenolic OH excluding ortho intramolecular Hbond substituents is 1. The standard InChI is InChI=1S/C11H11NO4.C11H13NO2.C11H15NO.C6H6N2O3.C4H6Br2O/c1-11(2)10(13)5-7-3-4-8(12(14)15)6-9(7)16-11;1-11(2)10(13)5-7-3-4-8(12)6-9(7)14-11;1-11(2)6-5-8-3-4-9(12)7-10(8)13-11;7-5-2-1-4(8(10)11)3-6(5)9;1-4(2,6)3(5)7/h3-4,6H,5H2,1-2H3;3-4,6H,5,12H2,1-2H3;3-4,7H,5-6,12H2,1-2H3;1-3,9H,7H2;1-2H3. The third-order valence-corrected chi connectivity index (χ3v) is 11.2. The van der Waals surface area contributed by atoms with Gasteiger partial charge in [0.2, 0.25) is 4.69 Å². The predicted octanol–water partition coefficient (Wildman–Crippen LogP) is 8.77. The molecule has 0 bridgehead atoms. The van der Waals surface area contributed by atoms with Crippen LogP contribution in [0.4, 0.5) is 28.4 Å². The number of non-ortho nitro benzene ring substituents is 2. The molecule has 3 aliphatic rings. The van der Waals surface area contributed by atoms with Gasteiger partial charge in [-0.2, -0.15) is 0 Å². The number of alkyl halides is 1. The molecule has 0 saturated heterocycles. The smallest absolute Gasteiger partial charge is 0.273 e. The number of nitrogens with two attached hydrogens (primary N) is 3. The van der Waals surface area contributed by atoms with Crippen LogP contribution in [0.15, 0.2) is 72.8 Å². The van der Waals surface area contributed by atoms with E-state index in [0.29, 0.717) is 23.4 Å². The molecule has 0 atom stereocenters. The number of carbonyl (C=O) groups is 3. The SMILES string of the molecule is CC(C)(Br)C(=O)Br.CC1(C)CCc2ccc(N)cc2O1.CC1(C)Oc2cc(N)ccc2CC1=O.CC1(C)Oc2cc([N+](=O)[O-])ccc2CC1=O.Nc1ccc([N+](=O)[O-])cc1O. The molecule has 0 saturated carbocycles. The van der Waals surface area contributed by atoms with Crippen LogP contribution in [0, 0.1) is 20.2 Å². The van der Waals surface area contributed by atoms with E-state index in [-0.39, 0.29) is 51.1 Å². The number of nitrogen functional groups attached to an aromatic ring is 3. The number of aryl methyl sites for hydroxylation is 1. The number of rotatable bonds is 3. The van der Waals surface area contributed by atoms with Crippen LogP contribution in [0.3, 0.4) is 0 Å². The van der Waals surface area contributed by atoms with Crippen molar-refractivity contribution in [2.24, 2.45) is 0 Å². The topological polar surface area (TPSA) is 263 Å². The van der Waals surface area contributed by atoms with Gasteiger partial charge in [0.05, 0.1) is 32.0 Å². The van der Waals surface area contributed by atoms with Gasteiger partial charge in [0.25, 0.3) is 11.4 Å². The van der Waals surface area contributed by atoms with Crippen LogP contribution >= 0.6 is 31.9 Å². The lowest BCUT2D eigenvalue weighted by molar-refractivity contribution is -0.385. The van der Waals surface area contributed by atoms with Crippen LogP contribution in [-0.4, -0.2) is 52.3 Å². The Morgan fingerprint density at radius 1 is 0.689 bits per heavy atom. The Bertz CT molecular complexity index is 2310. The number of halogens is 2. The molecule has 4 aromatic carbocycles. The highest BCUT2D eigenvalue weighted by atomic mass is 79.9. The molecule has 4 aromatic rings. The number of ketones is 2. The van der Waals surface area contributed by atoms with Gasteiger partial charge in [-0.25, -0.2) is 0 Å². The van der Waals surface area contributed by atoms with Gasteiger partial charge in [-0.1, -0.05) is 28.1 Å². The third-order valence-electron chi connectivity index (χ3n) is 9.29. The summed E-state index contributed by atoms with van der Waals surface area (Å²) < 4.78 is 16.4. The number of nitro groups is 2. The van der Waals surface area contributed by atoms with Crippen LogP contribution < -0.4 is 31.4 Å². The summed E-state index contributed by atoms with van der Waals surface area (Å²) in [6.07, 6.45) is 2.86. The molecule has 7 rings (SSSR count). The molecular weight excluding hydrogens is 922 g/mol. The van der Waals surface area contributed by atoms with E-state index in [9.17, 15) is 34.6 Å². The average molecular weight is 974 g/mol. The second-order valence-electron chi connectivity index (χ2n) is 16.3. The van der Waals surface area contributed by atoms with E-state index in [1.807, 2.05) is 18.2 Å². The summed E-state index contributed by atoms with van der Waals surface area (Å²) >= 11 is 5.96. The molecule has 16 nitrogen and oxygen atoms in total. The molecule has 0 amide bonds. The fourth-order valence-corrected chi connectivity index (χ4v) is 5.45. The normalized spacial score (nSPS) is 15.9. The average Bonchev–Trinajstić information content (AvgIpc) is 3.13. The molecule has 3 heterocycles. The minimum atomic E-state index is -0.901. The molecule has 0 radical (unpaired) electrons. The number of carbonyl (C=O) groups excluding carboxylic acids is 3. The summed E-state index contributed by atoms with van der Waals surface area (Å²) in [6.45, 7) is 14.7. The lowest BCUT2D eigenvalue weighted by atomic mass is 9.93. The Balaban J connectivity index is 0.000000208. The minimum Gasteiger partial charge on any atom is -0.506 e. The van der Waals surface area contributed by atoms with Crippen molar-refractivity contribution in [3.63, 3.8) is 0 Å². The number of hydrogen-bond acceptors (Lipinski definition) is 14. The highest BCUT2D eigenvalue weighted by Crippen LogP contribution is 2.36. The summed E-state index contributed by atoms with van der Waals surface area (Å²) in [5.74, 6) is 1.94. The van der Waals surface area contributed by atoms with Gasteiger partial charge in [-0.05, 0) is 114 Å². The van der Waals surface area contributed by atoms with E-state index in [0.717, 1.165) is 41.7 Å². The first-order chi connectivity index (χ1) is 28.0. The zero-order chi connectivity index (χ0) is 46.2. The molecule has 0 fully saturated rings. The largest absolute Gasteiger partial charge is 0.506 e. The zero-order valence-corrected chi connectivity index (χ0v) is 38.3. The van der Waals surface area contributed by atoms with E-state index >= 15 is 0 Å². The minimum absolute atomic E-state index is 0.0196.